The molecule has 2 atom stereocenters. The van der Waals surface area contributed by atoms with Gasteiger partial charge in [-0.1, -0.05) is 35.9 Å². The van der Waals surface area contributed by atoms with Gasteiger partial charge in [0.15, 0.2) is 17.3 Å². The fourth-order valence-corrected chi connectivity index (χ4v) is 4.56. The number of carbonyl (C=O) groups excluding carboxylic acids is 2. The number of ether oxygens (including phenoxy) is 3. The number of carbonyl (C=O) groups is 2. The SMILES string of the molecule is COC(=O)C1C(C)=NC2=C(C(=O)c3ccccc32)[C@H]1c1cc2c(cc1Cl)OCO2. The van der Waals surface area contributed by atoms with E-state index in [-0.39, 0.29) is 12.6 Å². The smallest absolute Gasteiger partial charge is 0.315 e. The van der Waals surface area contributed by atoms with Crippen molar-refractivity contribution in [1.29, 1.82) is 0 Å². The molecule has 1 aliphatic carbocycles. The van der Waals surface area contributed by atoms with E-state index in [9.17, 15) is 9.59 Å². The van der Waals surface area contributed by atoms with Crippen LogP contribution in [0.25, 0.3) is 5.70 Å². The van der Waals surface area contributed by atoms with Crippen molar-refractivity contribution in [3.05, 3.63) is 63.7 Å². The maximum atomic E-state index is 13.3. The summed E-state index contributed by atoms with van der Waals surface area (Å²) in [5.41, 5.74) is 3.54. The zero-order valence-electron chi connectivity index (χ0n) is 15.7. The van der Waals surface area contributed by atoms with Crippen molar-refractivity contribution in [2.75, 3.05) is 13.9 Å². The molecule has 2 aromatic rings. The van der Waals surface area contributed by atoms with Gasteiger partial charge in [0.25, 0.3) is 0 Å². The molecule has 0 fully saturated rings. The number of fused-ring (bicyclic) bond motifs is 3. The Bertz CT molecular complexity index is 1150. The predicted molar refractivity (Wildman–Crippen MR) is 107 cm³/mol. The molecule has 0 aromatic heterocycles. The Morgan fingerprint density at radius 2 is 1.86 bits per heavy atom. The number of hydrogen-bond acceptors (Lipinski definition) is 6. The van der Waals surface area contributed by atoms with E-state index in [1.54, 1.807) is 25.1 Å². The monoisotopic (exact) mass is 409 g/mol. The summed E-state index contributed by atoms with van der Waals surface area (Å²) in [6, 6.07) is 10.7. The molecule has 0 radical (unpaired) electrons. The van der Waals surface area contributed by atoms with Crippen molar-refractivity contribution < 1.29 is 23.8 Å². The fraction of sp³-hybridized carbons (Fsp3) is 0.227. The number of benzene rings is 2. The maximum Gasteiger partial charge on any atom is 0.315 e. The molecule has 2 aromatic carbocycles. The van der Waals surface area contributed by atoms with Crippen molar-refractivity contribution in [3.8, 4) is 11.5 Å². The van der Waals surface area contributed by atoms with Crippen molar-refractivity contribution >= 4 is 34.8 Å². The van der Waals surface area contributed by atoms with E-state index >= 15 is 0 Å². The fourth-order valence-electron chi connectivity index (χ4n) is 4.29. The molecule has 0 amide bonds. The number of hydrogen-bond donors (Lipinski definition) is 0. The maximum absolute atomic E-state index is 13.3. The third-order valence-corrected chi connectivity index (χ3v) is 5.92. The molecule has 2 aliphatic heterocycles. The summed E-state index contributed by atoms with van der Waals surface area (Å²) < 4.78 is 16.0. The quantitative estimate of drug-likeness (QED) is 0.700. The summed E-state index contributed by atoms with van der Waals surface area (Å²) in [6.07, 6.45) is 0. The highest BCUT2D eigenvalue weighted by molar-refractivity contribution is 6.32. The molecular formula is C22H16ClNO5. The molecule has 3 aliphatic rings. The van der Waals surface area contributed by atoms with Gasteiger partial charge >= 0.3 is 5.97 Å². The number of rotatable bonds is 2. The predicted octanol–water partition coefficient (Wildman–Crippen LogP) is 4.02. The number of allylic oxidation sites excluding steroid dienone is 1. The van der Waals surface area contributed by atoms with E-state index < -0.39 is 17.8 Å². The third kappa shape index (κ3) is 2.52. The number of ketones is 1. The first-order valence-electron chi connectivity index (χ1n) is 9.11. The highest BCUT2D eigenvalue weighted by atomic mass is 35.5. The van der Waals surface area contributed by atoms with Crippen molar-refractivity contribution in [2.45, 2.75) is 12.8 Å². The van der Waals surface area contributed by atoms with Gasteiger partial charge in [0.1, 0.15) is 5.92 Å². The summed E-state index contributed by atoms with van der Waals surface area (Å²) >= 11 is 6.59. The minimum atomic E-state index is -0.769. The standard InChI is InChI=1S/C22H16ClNO5/c1-10-17(22(26)27-2)18(13-7-15-16(8-14(13)23)29-9-28-15)19-20(24-10)11-5-3-4-6-12(11)21(19)25/h3-8,17-18H,9H2,1-2H3/t17?,18-/m0/s1. The number of methoxy groups -OCH3 is 1. The number of halogens is 1. The Labute approximate surface area is 171 Å². The lowest BCUT2D eigenvalue weighted by Crippen LogP contribution is -2.34. The minimum absolute atomic E-state index is 0.0962. The van der Waals surface area contributed by atoms with E-state index in [1.165, 1.54) is 7.11 Å². The number of Topliss-reactive ketones (excluding diaryl/α,β-unsaturated/α-hetero) is 1. The molecule has 0 bridgehead atoms. The number of nitrogens with zero attached hydrogens (tertiary/aromatic N) is 1. The van der Waals surface area contributed by atoms with Gasteiger partial charge in [-0.3, -0.25) is 14.6 Å². The van der Waals surface area contributed by atoms with Crippen molar-refractivity contribution in [1.82, 2.24) is 0 Å². The molecule has 0 saturated carbocycles. The van der Waals surface area contributed by atoms with Gasteiger partial charge in [-0.25, -0.2) is 0 Å². The summed E-state index contributed by atoms with van der Waals surface area (Å²) in [5, 5.41) is 0.387. The Morgan fingerprint density at radius 1 is 1.17 bits per heavy atom. The van der Waals surface area contributed by atoms with Crippen LogP contribution in [0, 0.1) is 5.92 Å². The van der Waals surface area contributed by atoms with Crippen molar-refractivity contribution in [3.63, 3.8) is 0 Å². The Balaban J connectivity index is 1.76. The van der Waals surface area contributed by atoms with Gasteiger partial charge < -0.3 is 14.2 Å². The molecule has 0 spiro atoms. The largest absolute Gasteiger partial charge is 0.468 e. The summed E-state index contributed by atoms with van der Waals surface area (Å²) in [5.74, 6) is -0.977. The first-order valence-corrected chi connectivity index (χ1v) is 9.49. The Kier molecular flexibility index (Phi) is 3.99. The van der Waals surface area contributed by atoms with Crippen LogP contribution in [0.1, 0.15) is 34.3 Å². The molecule has 146 valence electrons. The highest BCUT2D eigenvalue weighted by Gasteiger charge is 2.47. The van der Waals surface area contributed by atoms with E-state index in [0.29, 0.717) is 44.6 Å². The zero-order valence-corrected chi connectivity index (χ0v) is 16.4. The lowest BCUT2D eigenvalue weighted by atomic mass is 9.75. The molecule has 5 rings (SSSR count). The second-order valence-electron chi connectivity index (χ2n) is 7.10. The van der Waals surface area contributed by atoms with Crippen LogP contribution < -0.4 is 9.47 Å². The van der Waals surface area contributed by atoms with Crippen LogP contribution in [0.2, 0.25) is 5.02 Å². The molecule has 6 nitrogen and oxygen atoms in total. The van der Waals surface area contributed by atoms with Gasteiger partial charge in [-0.05, 0) is 18.6 Å². The van der Waals surface area contributed by atoms with Crippen LogP contribution in [-0.4, -0.2) is 31.4 Å². The summed E-state index contributed by atoms with van der Waals surface area (Å²) in [6.45, 7) is 1.86. The number of esters is 1. The van der Waals surface area contributed by atoms with Crippen LogP contribution in [0.5, 0.6) is 11.5 Å². The summed E-state index contributed by atoms with van der Waals surface area (Å²) in [4.78, 5) is 30.7. The van der Waals surface area contributed by atoms with E-state index in [2.05, 4.69) is 4.99 Å². The molecule has 2 heterocycles. The van der Waals surface area contributed by atoms with Crippen LogP contribution in [0.15, 0.2) is 47.0 Å². The van der Waals surface area contributed by atoms with Crippen LogP contribution in [0.4, 0.5) is 0 Å². The minimum Gasteiger partial charge on any atom is -0.468 e. The first-order chi connectivity index (χ1) is 14.0. The van der Waals surface area contributed by atoms with Crippen LogP contribution in [0.3, 0.4) is 0 Å². The molecule has 1 unspecified atom stereocenters. The van der Waals surface area contributed by atoms with Gasteiger partial charge in [0.05, 0.1) is 12.8 Å². The molecule has 29 heavy (non-hydrogen) atoms. The van der Waals surface area contributed by atoms with Crippen LogP contribution in [-0.2, 0) is 9.53 Å². The van der Waals surface area contributed by atoms with E-state index in [0.717, 1.165) is 5.56 Å². The first kappa shape index (κ1) is 17.9. The second kappa shape index (κ2) is 6.46. The lowest BCUT2D eigenvalue weighted by molar-refractivity contribution is -0.143. The van der Waals surface area contributed by atoms with Crippen LogP contribution >= 0.6 is 11.6 Å². The molecule has 0 saturated heterocycles. The lowest BCUT2D eigenvalue weighted by Gasteiger charge is -2.30. The molecule has 7 heteroatoms. The van der Waals surface area contributed by atoms with E-state index in [1.807, 2.05) is 18.2 Å². The average Bonchev–Trinajstić information content (AvgIpc) is 3.28. The third-order valence-electron chi connectivity index (χ3n) is 5.59. The highest BCUT2D eigenvalue weighted by Crippen LogP contribution is 2.51. The Hall–Kier alpha value is -3.12. The van der Waals surface area contributed by atoms with Gasteiger partial charge in [0.2, 0.25) is 6.79 Å². The summed E-state index contributed by atoms with van der Waals surface area (Å²) in [7, 11) is 1.32. The number of aliphatic imine (C=N–C) groups is 1. The van der Waals surface area contributed by atoms with Crippen molar-refractivity contribution in [2.24, 2.45) is 10.9 Å². The van der Waals surface area contributed by atoms with Gasteiger partial charge in [-0.15, -0.1) is 0 Å². The average molecular weight is 410 g/mol. The zero-order chi connectivity index (χ0) is 20.3. The molecule has 0 N–H and O–H groups in total. The Morgan fingerprint density at radius 3 is 2.59 bits per heavy atom. The van der Waals surface area contributed by atoms with E-state index in [4.69, 9.17) is 25.8 Å². The molecular weight excluding hydrogens is 394 g/mol. The van der Waals surface area contributed by atoms with Gasteiger partial charge in [-0.2, -0.15) is 0 Å². The van der Waals surface area contributed by atoms with Gasteiger partial charge in [0, 0.05) is 39.4 Å². The second-order valence-corrected chi connectivity index (χ2v) is 7.50. The normalized spacial score (nSPS) is 21.6. The topological polar surface area (TPSA) is 74.2 Å².